The van der Waals surface area contributed by atoms with Gasteiger partial charge in [-0.05, 0) is 33.2 Å². The van der Waals surface area contributed by atoms with E-state index in [1.807, 2.05) is 43.5 Å². The van der Waals surface area contributed by atoms with E-state index in [9.17, 15) is 4.79 Å². The monoisotopic (exact) mass is 264 g/mol. The second-order valence-electron chi connectivity index (χ2n) is 5.77. The maximum atomic E-state index is 12.7. The summed E-state index contributed by atoms with van der Waals surface area (Å²) in [6.45, 7) is 7.32. The van der Waals surface area contributed by atoms with Gasteiger partial charge in [0.1, 0.15) is 5.82 Å². The average molecular weight is 264 g/mol. The molecule has 1 saturated carbocycles. The van der Waals surface area contributed by atoms with Crippen molar-refractivity contribution in [2.45, 2.75) is 51.7 Å². The number of nitrogens with zero attached hydrogens (tertiary/aromatic N) is 3. The number of nitrogens with one attached hydrogen (secondary N) is 1. The minimum atomic E-state index is -0.511. The van der Waals surface area contributed by atoms with Gasteiger partial charge in [0.15, 0.2) is 0 Å². The van der Waals surface area contributed by atoms with Gasteiger partial charge in [0.2, 0.25) is 5.91 Å². The van der Waals surface area contributed by atoms with Gasteiger partial charge in [0.05, 0.1) is 12.1 Å². The number of likely N-dealkylation sites (N-methyl/N-ethyl adjacent to an activating group) is 1. The number of carbonyl (C=O) groups is 1. The van der Waals surface area contributed by atoms with Gasteiger partial charge in [-0.1, -0.05) is 6.92 Å². The molecule has 1 amide bonds. The molecule has 5 nitrogen and oxygen atoms in total. The Bertz CT molecular complexity index is 448. The van der Waals surface area contributed by atoms with Crippen LogP contribution in [0.5, 0.6) is 0 Å². The molecule has 0 radical (unpaired) electrons. The van der Waals surface area contributed by atoms with E-state index in [2.05, 4.69) is 10.3 Å². The van der Waals surface area contributed by atoms with Crippen LogP contribution in [-0.4, -0.2) is 38.5 Å². The van der Waals surface area contributed by atoms with Gasteiger partial charge in [0.25, 0.3) is 0 Å². The van der Waals surface area contributed by atoms with Crippen molar-refractivity contribution in [2.75, 3.05) is 6.54 Å². The molecular formula is C14H24N4O. The fourth-order valence-electron chi connectivity index (χ4n) is 2.33. The van der Waals surface area contributed by atoms with Crippen LogP contribution in [0.4, 0.5) is 0 Å². The van der Waals surface area contributed by atoms with Crippen molar-refractivity contribution < 1.29 is 4.79 Å². The van der Waals surface area contributed by atoms with Gasteiger partial charge in [-0.25, -0.2) is 4.98 Å². The van der Waals surface area contributed by atoms with Crippen molar-refractivity contribution in [1.29, 1.82) is 0 Å². The molecule has 19 heavy (non-hydrogen) atoms. The van der Waals surface area contributed by atoms with E-state index in [0.29, 0.717) is 12.6 Å². The number of rotatable bonds is 6. The van der Waals surface area contributed by atoms with Crippen LogP contribution in [0, 0.1) is 0 Å². The molecule has 0 unspecified atom stereocenters. The van der Waals surface area contributed by atoms with Crippen molar-refractivity contribution >= 4 is 5.91 Å². The number of imidazole rings is 1. The Balaban J connectivity index is 2.12. The zero-order valence-corrected chi connectivity index (χ0v) is 12.3. The van der Waals surface area contributed by atoms with E-state index in [1.54, 1.807) is 6.20 Å². The van der Waals surface area contributed by atoms with E-state index >= 15 is 0 Å². The first-order valence-electron chi connectivity index (χ1n) is 6.98. The summed E-state index contributed by atoms with van der Waals surface area (Å²) in [7, 11) is 1.97. The lowest BCUT2D eigenvalue weighted by Crippen LogP contribution is -2.54. The predicted octanol–water partition coefficient (Wildman–Crippen LogP) is 1.30. The van der Waals surface area contributed by atoms with Crippen LogP contribution in [0.2, 0.25) is 0 Å². The van der Waals surface area contributed by atoms with E-state index in [4.69, 9.17) is 0 Å². The molecule has 1 fully saturated rings. The van der Waals surface area contributed by atoms with Crippen LogP contribution >= 0.6 is 0 Å². The highest BCUT2D eigenvalue weighted by Crippen LogP contribution is 2.30. The van der Waals surface area contributed by atoms with Crippen molar-refractivity contribution in [1.82, 2.24) is 19.8 Å². The highest BCUT2D eigenvalue weighted by Gasteiger charge is 2.39. The lowest BCUT2D eigenvalue weighted by Gasteiger charge is -2.32. The first-order valence-corrected chi connectivity index (χ1v) is 6.98. The molecule has 1 heterocycles. The third-order valence-corrected chi connectivity index (χ3v) is 3.63. The van der Waals surface area contributed by atoms with Crippen molar-refractivity contribution in [2.24, 2.45) is 7.05 Å². The predicted molar refractivity (Wildman–Crippen MR) is 74.5 cm³/mol. The third-order valence-electron chi connectivity index (χ3n) is 3.63. The molecule has 1 aliphatic rings. The van der Waals surface area contributed by atoms with E-state index in [0.717, 1.165) is 25.2 Å². The minimum Gasteiger partial charge on any atom is -0.337 e. The number of hydrogen-bond acceptors (Lipinski definition) is 3. The zero-order valence-electron chi connectivity index (χ0n) is 12.3. The van der Waals surface area contributed by atoms with Gasteiger partial charge in [-0.2, -0.15) is 0 Å². The number of aryl methyl sites for hydroxylation is 1. The molecule has 0 atom stereocenters. The van der Waals surface area contributed by atoms with Crippen molar-refractivity contribution in [3.63, 3.8) is 0 Å². The van der Waals surface area contributed by atoms with Gasteiger partial charge in [0, 0.05) is 25.5 Å². The summed E-state index contributed by atoms with van der Waals surface area (Å²) < 4.78 is 1.98. The normalized spacial score (nSPS) is 15.6. The summed E-state index contributed by atoms with van der Waals surface area (Å²) in [5, 5.41) is 3.26. The lowest BCUT2D eigenvalue weighted by atomic mass is 10.0. The maximum absolute atomic E-state index is 12.7. The van der Waals surface area contributed by atoms with E-state index < -0.39 is 5.54 Å². The number of amides is 1. The van der Waals surface area contributed by atoms with Gasteiger partial charge in [-0.15, -0.1) is 0 Å². The molecule has 5 heteroatoms. The Morgan fingerprint density at radius 2 is 2.26 bits per heavy atom. The second kappa shape index (κ2) is 5.33. The quantitative estimate of drug-likeness (QED) is 0.842. The van der Waals surface area contributed by atoms with Crippen LogP contribution < -0.4 is 5.32 Å². The fraction of sp³-hybridized carbons (Fsp3) is 0.714. The molecule has 1 aromatic heterocycles. The molecule has 2 rings (SSSR count). The summed E-state index contributed by atoms with van der Waals surface area (Å²) in [5.74, 6) is 1.10. The highest BCUT2D eigenvalue weighted by atomic mass is 16.2. The van der Waals surface area contributed by atoms with Crippen molar-refractivity contribution in [3.05, 3.63) is 18.2 Å². The Hall–Kier alpha value is -1.36. The molecular weight excluding hydrogens is 240 g/mol. The van der Waals surface area contributed by atoms with Crippen LogP contribution in [0.1, 0.15) is 39.4 Å². The minimum absolute atomic E-state index is 0.167. The van der Waals surface area contributed by atoms with Crippen LogP contribution in [-0.2, 0) is 18.4 Å². The molecule has 1 N–H and O–H groups in total. The molecule has 1 aliphatic carbocycles. The average Bonchev–Trinajstić information content (AvgIpc) is 3.10. The molecule has 0 saturated heterocycles. The number of aromatic nitrogens is 2. The van der Waals surface area contributed by atoms with E-state index in [1.165, 1.54) is 0 Å². The van der Waals surface area contributed by atoms with Gasteiger partial charge in [-0.3, -0.25) is 4.79 Å². The van der Waals surface area contributed by atoms with E-state index in [-0.39, 0.29) is 5.91 Å². The second-order valence-corrected chi connectivity index (χ2v) is 5.77. The molecule has 106 valence electrons. The Morgan fingerprint density at radius 3 is 2.74 bits per heavy atom. The molecule has 0 aliphatic heterocycles. The van der Waals surface area contributed by atoms with Gasteiger partial charge < -0.3 is 14.8 Å². The maximum Gasteiger partial charge on any atom is 0.242 e. The molecule has 0 spiro atoms. The Kier molecular flexibility index (Phi) is 3.94. The van der Waals surface area contributed by atoms with Crippen LogP contribution in [0.15, 0.2) is 12.4 Å². The summed E-state index contributed by atoms with van der Waals surface area (Å²) in [5.41, 5.74) is -0.511. The Labute approximate surface area is 115 Å². The fourth-order valence-corrected chi connectivity index (χ4v) is 2.33. The highest BCUT2D eigenvalue weighted by molar-refractivity contribution is 5.86. The van der Waals surface area contributed by atoms with Crippen LogP contribution in [0.25, 0.3) is 0 Å². The molecule has 1 aromatic rings. The summed E-state index contributed by atoms with van der Waals surface area (Å²) in [6, 6.07) is 0.391. The first-order chi connectivity index (χ1) is 8.95. The molecule has 0 bridgehead atoms. The zero-order chi connectivity index (χ0) is 14.0. The number of carbonyl (C=O) groups excluding carboxylic acids is 1. The standard InChI is InChI=1S/C14H24N4O/c1-5-16-14(2,3)13(19)18(11-6-7-11)10-12-15-8-9-17(12)4/h8-9,11,16H,5-7,10H2,1-4H3. The van der Waals surface area contributed by atoms with Crippen LogP contribution in [0.3, 0.4) is 0 Å². The summed E-state index contributed by atoms with van der Waals surface area (Å²) in [4.78, 5) is 19.0. The smallest absolute Gasteiger partial charge is 0.242 e. The lowest BCUT2D eigenvalue weighted by molar-refractivity contribution is -0.138. The largest absolute Gasteiger partial charge is 0.337 e. The van der Waals surface area contributed by atoms with Crippen molar-refractivity contribution in [3.8, 4) is 0 Å². The Morgan fingerprint density at radius 1 is 1.58 bits per heavy atom. The first kappa shape index (κ1) is 14.1. The summed E-state index contributed by atoms with van der Waals surface area (Å²) >= 11 is 0. The third kappa shape index (κ3) is 3.15. The summed E-state index contributed by atoms with van der Waals surface area (Å²) in [6.07, 6.45) is 5.91. The SMILES string of the molecule is CCNC(C)(C)C(=O)N(Cc1nccn1C)C1CC1. The van der Waals surface area contributed by atoms with Gasteiger partial charge >= 0.3 is 0 Å². The molecule has 0 aromatic carbocycles. The number of hydrogen-bond donors (Lipinski definition) is 1. The topological polar surface area (TPSA) is 50.2 Å².